The number of fused-ring (bicyclic) bond motifs is 1. The van der Waals surface area contributed by atoms with Crippen LogP contribution in [0.4, 0.5) is 0 Å². The lowest BCUT2D eigenvalue weighted by molar-refractivity contribution is 0.0697. The van der Waals surface area contributed by atoms with Crippen LogP contribution in [-0.4, -0.2) is 42.5 Å². The van der Waals surface area contributed by atoms with Crippen molar-refractivity contribution in [1.82, 2.24) is 19.1 Å². The number of thioether (sulfide) groups is 1. The van der Waals surface area contributed by atoms with Gasteiger partial charge < -0.3 is 14.4 Å². The van der Waals surface area contributed by atoms with E-state index in [0.717, 1.165) is 0 Å². The van der Waals surface area contributed by atoms with Crippen molar-refractivity contribution in [2.45, 2.75) is 25.0 Å². The molecule has 0 radical (unpaired) electrons. The SMILES string of the molecule is CC(C)n1c(SCCOc2ccc(C(=O)O)cc2)nc2c1c(=O)[nH]c(=O)n2C. The van der Waals surface area contributed by atoms with Gasteiger partial charge in [-0.3, -0.25) is 14.3 Å². The molecule has 3 rings (SSSR count). The van der Waals surface area contributed by atoms with Crippen molar-refractivity contribution in [3.8, 4) is 5.75 Å². The topological polar surface area (TPSA) is 119 Å². The van der Waals surface area contributed by atoms with Gasteiger partial charge in [0, 0.05) is 18.8 Å². The number of hydrogen-bond donors (Lipinski definition) is 2. The number of imidazole rings is 1. The molecular weight excluding hydrogens is 384 g/mol. The smallest absolute Gasteiger partial charge is 0.335 e. The highest BCUT2D eigenvalue weighted by atomic mass is 32.2. The van der Waals surface area contributed by atoms with Crippen LogP contribution >= 0.6 is 11.8 Å². The summed E-state index contributed by atoms with van der Waals surface area (Å²) in [4.78, 5) is 41.7. The Bertz CT molecular complexity index is 1130. The fourth-order valence-corrected chi connectivity index (χ4v) is 3.69. The molecule has 0 atom stereocenters. The van der Waals surface area contributed by atoms with E-state index < -0.39 is 17.2 Å². The Morgan fingerprint density at radius 3 is 2.57 bits per heavy atom. The maximum atomic E-state index is 12.3. The highest BCUT2D eigenvalue weighted by molar-refractivity contribution is 7.99. The number of H-pyrrole nitrogens is 1. The molecule has 0 aliphatic rings. The van der Waals surface area contributed by atoms with E-state index in [-0.39, 0.29) is 11.6 Å². The van der Waals surface area contributed by atoms with Crippen LogP contribution in [0.2, 0.25) is 0 Å². The van der Waals surface area contributed by atoms with Gasteiger partial charge in [0.05, 0.1) is 12.2 Å². The molecule has 0 saturated carbocycles. The van der Waals surface area contributed by atoms with Crippen LogP contribution in [0.15, 0.2) is 39.0 Å². The summed E-state index contributed by atoms with van der Waals surface area (Å²) in [6, 6.07) is 6.15. The summed E-state index contributed by atoms with van der Waals surface area (Å²) in [5.74, 6) is 0.142. The minimum absolute atomic E-state index is 0.0180. The van der Waals surface area contributed by atoms with Gasteiger partial charge in [0.1, 0.15) is 5.75 Å². The first-order valence-electron chi connectivity index (χ1n) is 8.59. The van der Waals surface area contributed by atoms with Crippen LogP contribution in [0.1, 0.15) is 30.2 Å². The van der Waals surface area contributed by atoms with Gasteiger partial charge in [0.2, 0.25) is 0 Å². The summed E-state index contributed by atoms with van der Waals surface area (Å²) in [5, 5.41) is 9.53. The molecule has 0 fully saturated rings. The number of carbonyl (C=O) groups is 1. The van der Waals surface area contributed by atoms with Crippen LogP contribution in [0, 0.1) is 0 Å². The summed E-state index contributed by atoms with van der Waals surface area (Å²) >= 11 is 1.42. The van der Waals surface area contributed by atoms with Crippen molar-refractivity contribution < 1.29 is 14.6 Å². The Hall–Kier alpha value is -3.01. The van der Waals surface area contributed by atoms with E-state index in [1.54, 1.807) is 23.7 Å². The molecule has 0 aliphatic heterocycles. The maximum absolute atomic E-state index is 12.3. The van der Waals surface area contributed by atoms with Gasteiger partial charge in [0.15, 0.2) is 16.3 Å². The monoisotopic (exact) mass is 404 g/mol. The summed E-state index contributed by atoms with van der Waals surface area (Å²) < 4.78 is 8.75. The first-order valence-corrected chi connectivity index (χ1v) is 9.58. The molecule has 2 aromatic heterocycles. The number of hydrogen-bond acceptors (Lipinski definition) is 6. The predicted molar refractivity (Wildman–Crippen MR) is 106 cm³/mol. The first kappa shape index (κ1) is 19.7. The Morgan fingerprint density at radius 1 is 1.29 bits per heavy atom. The van der Waals surface area contributed by atoms with Gasteiger partial charge in [0.25, 0.3) is 5.56 Å². The number of aromatic nitrogens is 4. The van der Waals surface area contributed by atoms with Crippen molar-refractivity contribution in [3.63, 3.8) is 0 Å². The van der Waals surface area contributed by atoms with Crippen molar-refractivity contribution in [2.75, 3.05) is 12.4 Å². The number of aryl methyl sites for hydroxylation is 1. The van der Waals surface area contributed by atoms with Crippen LogP contribution in [0.5, 0.6) is 5.75 Å². The second-order valence-corrected chi connectivity index (χ2v) is 7.44. The van der Waals surface area contributed by atoms with E-state index in [0.29, 0.717) is 34.4 Å². The predicted octanol–water partition coefficient (Wildman–Crippen LogP) is 1.87. The number of ether oxygens (including phenoxy) is 1. The van der Waals surface area contributed by atoms with Gasteiger partial charge in [-0.05, 0) is 38.1 Å². The zero-order valence-corrected chi connectivity index (χ0v) is 16.4. The Morgan fingerprint density at radius 2 is 1.96 bits per heavy atom. The summed E-state index contributed by atoms with van der Waals surface area (Å²) in [6.45, 7) is 4.25. The molecule has 0 unspecified atom stereocenters. The van der Waals surface area contributed by atoms with Gasteiger partial charge in [-0.15, -0.1) is 0 Å². The Balaban J connectivity index is 1.75. The quantitative estimate of drug-likeness (QED) is 0.456. The fourth-order valence-electron chi connectivity index (χ4n) is 2.75. The van der Waals surface area contributed by atoms with Gasteiger partial charge in [-0.1, -0.05) is 11.8 Å². The largest absolute Gasteiger partial charge is 0.493 e. The average Bonchev–Trinajstić information content (AvgIpc) is 3.04. The molecule has 9 nitrogen and oxygen atoms in total. The minimum atomic E-state index is -0.987. The van der Waals surface area contributed by atoms with Crippen molar-refractivity contribution in [3.05, 3.63) is 50.7 Å². The molecule has 3 aromatic rings. The zero-order valence-electron chi connectivity index (χ0n) is 15.6. The zero-order chi connectivity index (χ0) is 20.4. The molecule has 0 aliphatic carbocycles. The highest BCUT2D eigenvalue weighted by Crippen LogP contribution is 2.25. The number of aromatic carboxylic acids is 1. The number of carboxylic acid groups (broad SMARTS) is 1. The Labute approximate surface area is 164 Å². The third-order valence-electron chi connectivity index (χ3n) is 4.12. The molecule has 0 spiro atoms. The fraction of sp³-hybridized carbons (Fsp3) is 0.333. The second-order valence-electron chi connectivity index (χ2n) is 6.38. The summed E-state index contributed by atoms with van der Waals surface area (Å²) in [5.41, 5.74) is -0.0559. The molecule has 148 valence electrons. The van der Waals surface area contributed by atoms with E-state index in [4.69, 9.17) is 9.84 Å². The molecule has 0 amide bonds. The van der Waals surface area contributed by atoms with E-state index in [1.165, 1.54) is 28.5 Å². The number of nitrogens with one attached hydrogen (secondary N) is 1. The number of rotatable bonds is 7. The van der Waals surface area contributed by atoms with Gasteiger partial charge in [-0.2, -0.15) is 0 Å². The normalized spacial score (nSPS) is 11.3. The van der Waals surface area contributed by atoms with E-state index >= 15 is 0 Å². The van der Waals surface area contributed by atoms with Crippen LogP contribution in [-0.2, 0) is 7.05 Å². The van der Waals surface area contributed by atoms with E-state index in [1.807, 2.05) is 13.8 Å². The van der Waals surface area contributed by atoms with E-state index in [2.05, 4.69) is 9.97 Å². The third-order valence-corrected chi connectivity index (χ3v) is 5.04. The summed E-state index contributed by atoms with van der Waals surface area (Å²) in [6.07, 6.45) is 0. The lowest BCUT2D eigenvalue weighted by Crippen LogP contribution is -2.29. The van der Waals surface area contributed by atoms with Crippen molar-refractivity contribution in [2.24, 2.45) is 7.05 Å². The van der Waals surface area contributed by atoms with Crippen LogP contribution < -0.4 is 16.0 Å². The summed E-state index contributed by atoms with van der Waals surface area (Å²) in [7, 11) is 1.57. The van der Waals surface area contributed by atoms with E-state index in [9.17, 15) is 14.4 Å². The second kappa shape index (κ2) is 7.93. The number of aromatic amines is 1. The van der Waals surface area contributed by atoms with Crippen LogP contribution in [0.3, 0.4) is 0 Å². The number of benzene rings is 1. The molecule has 1 aromatic carbocycles. The lowest BCUT2D eigenvalue weighted by Gasteiger charge is -2.12. The lowest BCUT2D eigenvalue weighted by atomic mass is 10.2. The van der Waals surface area contributed by atoms with Gasteiger partial charge >= 0.3 is 11.7 Å². The molecular formula is C18H20N4O5S. The minimum Gasteiger partial charge on any atom is -0.493 e. The maximum Gasteiger partial charge on any atom is 0.335 e. The van der Waals surface area contributed by atoms with Crippen molar-refractivity contribution >= 4 is 28.9 Å². The molecule has 2 heterocycles. The number of carboxylic acids is 1. The van der Waals surface area contributed by atoms with Crippen LogP contribution in [0.25, 0.3) is 11.2 Å². The average molecular weight is 404 g/mol. The van der Waals surface area contributed by atoms with Gasteiger partial charge in [-0.25, -0.2) is 14.6 Å². The Kier molecular flexibility index (Phi) is 5.59. The molecule has 0 bridgehead atoms. The molecule has 10 heteroatoms. The third kappa shape index (κ3) is 3.81. The number of nitrogens with zero attached hydrogens (tertiary/aromatic N) is 3. The molecule has 0 saturated heterocycles. The van der Waals surface area contributed by atoms with Crippen molar-refractivity contribution in [1.29, 1.82) is 0 Å². The first-order chi connectivity index (χ1) is 13.3. The standard InChI is InChI=1S/C18H20N4O5S/c1-10(2)22-13-14(21(3)17(26)20-15(13)23)19-18(22)28-9-8-27-12-6-4-11(5-7-12)16(24)25/h4-7,10H,8-9H2,1-3H3,(H,24,25)(H,20,23,26). The molecule has 2 N–H and O–H groups in total. The highest BCUT2D eigenvalue weighted by Gasteiger charge is 2.19. The molecule has 28 heavy (non-hydrogen) atoms.